The minimum absolute atomic E-state index is 0.0436. The molecule has 6 heteroatoms. The Morgan fingerprint density at radius 2 is 2.00 bits per heavy atom. The fourth-order valence-electron chi connectivity index (χ4n) is 2.09. The standard InChI is InChI=1S/C11H17F3O3/c1-7-3-4-8(16-2)5-9(7)10(15)17-6-11(12,13)14/h7-9H,3-6H2,1-2H3/t7-,8-,9-/m1/s1. The summed E-state index contributed by atoms with van der Waals surface area (Å²) in [6.45, 7) is 0.345. The van der Waals surface area contributed by atoms with Crippen LogP contribution in [0.1, 0.15) is 26.2 Å². The van der Waals surface area contributed by atoms with Crippen molar-refractivity contribution in [3.05, 3.63) is 0 Å². The molecule has 1 saturated carbocycles. The molecule has 0 radical (unpaired) electrons. The summed E-state index contributed by atoms with van der Waals surface area (Å²) in [6.07, 6.45) is -2.48. The Labute approximate surface area is 98.3 Å². The van der Waals surface area contributed by atoms with Gasteiger partial charge in [0.2, 0.25) is 0 Å². The first kappa shape index (κ1) is 14.3. The van der Waals surface area contributed by atoms with Gasteiger partial charge in [-0.25, -0.2) is 0 Å². The molecule has 0 amide bonds. The summed E-state index contributed by atoms with van der Waals surface area (Å²) in [4.78, 5) is 11.5. The molecular formula is C11H17F3O3. The number of hydrogen-bond donors (Lipinski definition) is 0. The highest BCUT2D eigenvalue weighted by atomic mass is 19.4. The van der Waals surface area contributed by atoms with Crippen LogP contribution in [0.2, 0.25) is 0 Å². The van der Waals surface area contributed by atoms with E-state index in [1.54, 1.807) is 7.11 Å². The van der Waals surface area contributed by atoms with Crippen LogP contribution in [0, 0.1) is 11.8 Å². The Morgan fingerprint density at radius 1 is 1.35 bits per heavy atom. The molecule has 1 rings (SSSR count). The van der Waals surface area contributed by atoms with Gasteiger partial charge in [0.15, 0.2) is 6.61 Å². The number of methoxy groups -OCH3 is 1. The molecule has 3 nitrogen and oxygen atoms in total. The van der Waals surface area contributed by atoms with Crippen molar-refractivity contribution >= 4 is 5.97 Å². The summed E-state index contributed by atoms with van der Waals surface area (Å²) in [5, 5.41) is 0. The Hall–Kier alpha value is -0.780. The van der Waals surface area contributed by atoms with Crippen molar-refractivity contribution in [3.63, 3.8) is 0 Å². The van der Waals surface area contributed by atoms with Gasteiger partial charge in [-0.3, -0.25) is 4.79 Å². The first-order valence-corrected chi connectivity index (χ1v) is 5.59. The molecule has 0 aromatic carbocycles. The van der Waals surface area contributed by atoms with Crippen LogP contribution >= 0.6 is 0 Å². The molecule has 0 aromatic heterocycles. The summed E-state index contributed by atoms with van der Waals surface area (Å²) in [5.41, 5.74) is 0. The zero-order valence-corrected chi connectivity index (χ0v) is 9.92. The van der Waals surface area contributed by atoms with Crippen LogP contribution < -0.4 is 0 Å². The molecule has 0 spiro atoms. The van der Waals surface area contributed by atoms with E-state index in [2.05, 4.69) is 4.74 Å². The zero-order valence-electron chi connectivity index (χ0n) is 9.92. The summed E-state index contributed by atoms with van der Waals surface area (Å²) in [5.74, 6) is -1.21. The first-order chi connectivity index (χ1) is 7.83. The maximum Gasteiger partial charge on any atom is 0.422 e. The molecule has 0 N–H and O–H groups in total. The maximum atomic E-state index is 11.9. The summed E-state index contributed by atoms with van der Waals surface area (Å²) in [7, 11) is 1.54. The predicted molar refractivity (Wildman–Crippen MR) is 54.3 cm³/mol. The normalized spacial score (nSPS) is 30.1. The second-order valence-electron chi connectivity index (χ2n) is 4.48. The molecule has 0 aliphatic heterocycles. The zero-order chi connectivity index (χ0) is 13.1. The molecular weight excluding hydrogens is 237 g/mol. The summed E-state index contributed by atoms with van der Waals surface area (Å²) in [6, 6.07) is 0. The van der Waals surface area contributed by atoms with Gasteiger partial charge in [-0.2, -0.15) is 13.2 Å². The van der Waals surface area contributed by atoms with E-state index in [9.17, 15) is 18.0 Å². The van der Waals surface area contributed by atoms with E-state index in [4.69, 9.17) is 4.74 Å². The quantitative estimate of drug-likeness (QED) is 0.726. The Bertz CT molecular complexity index is 265. The summed E-state index contributed by atoms with van der Waals surface area (Å²) < 4.78 is 45.2. The van der Waals surface area contributed by atoms with E-state index < -0.39 is 24.7 Å². The number of alkyl halides is 3. The lowest BCUT2D eigenvalue weighted by atomic mass is 9.79. The molecule has 17 heavy (non-hydrogen) atoms. The molecule has 0 saturated heterocycles. The second-order valence-corrected chi connectivity index (χ2v) is 4.48. The van der Waals surface area contributed by atoms with E-state index in [0.717, 1.165) is 12.8 Å². The maximum absolute atomic E-state index is 11.9. The highest BCUT2D eigenvalue weighted by Gasteiger charge is 2.36. The number of ether oxygens (including phenoxy) is 2. The summed E-state index contributed by atoms with van der Waals surface area (Å²) >= 11 is 0. The van der Waals surface area contributed by atoms with Crippen molar-refractivity contribution in [1.82, 2.24) is 0 Å². The van der Waals surface area contributed by atoms with E-state index in [-0.39, 0.29) is 12.0 Å². The Morgan fingerprint density at radius 3 is 2.53 bits per heavy atom. The van der Waals surface area contributed by atoms with Crippen molar-refractivity contribution in [3.8, 4) is 0 Å². The highest BCUT2D eigenvalue weighted by molar-refractivity contribution is 5.73. The molecule has 1 aliphatic rings. The first-order valence-electron chi connectivity index (χ1n) is 5.59. The van der Waals surface area contributed by atoms with Gasteiger partial charge in [0.1, 0.15) is 0 Å². The molecule has 0 aromatic rings. The number of carbonyl (C=O) groups excluding carboxylic acids is 1. The van der Waals surface area contributed by atoms with Gasteiger partial charge in [-0.15, -0.1) is 0 Å². The number of esters is 1. The Balaban J connectivity index is 2.49. The second kappa shape index (κ2) is 5.71. The van der Waals surface area contributed by atoms with Crippen LogP contribution in [0.4, 0.5) is 13.2 Å². The van der Waals surface area contributed by atoms with Crippen LogP contribution in [0.3, 0.4) is 0 Å². The van der Waals surface area contributed by atoms with Crippen LogP contribution in [-0.4, -0.2) is 32.0 Å². The highest BCUT2D eigenvalue weighted by Crippen LogP contribution is 2.32. The molecule has 0 unspecified atom stereocenters. The molecule has 0 bridgehead atoms. The lowest BCUT2D eigenvalue weighted by molar-refractivity contribution is -0.191. The third-order valence-corrected chi connectivity index (χ3v) is 3.16. The predicted octanol–water partition coefficient (Wildman–Crippen LogP) is 2.54. The van der Waals surface area contributed by atoms with Crippen molar-refractivity contribution in [2.24, 2.45) is 11.8 Å². The third-order valence-electron chi connectivity index (χ3n) is 3.16. The monoisotopic (exact) mass is 254 g/mol. The van der Waals surface area contributed by atoms with Crippen molar-refractivity contribution in [2.45, 2.75) is 38.5 Å². The fourth-order valence-corrected chi connectivity index (χ4v) is 2.09. The fraction of sp³-hybridized carbons (Fsp3) is 0.909. The minimum atomic E-state index is -4.46. The SMILES string of the molecule is CO[C@@H]1CC[C@@H](C)[C@H](C(=O)OCC(F)(F)F)C1. The lowest BCUT2D eigenvalue weighted by Gasteiger charge is -2.32. The van der Waals surface area contributed by atoms with Gasteiger partial charge in [-0.1, -0.05) is 6.92 Å². The van der Waals surface area contributed by atoms with Crippen LogP contribution in [0.15, 0.2) is 0 Å². The van der Waals surface area contributed by atoms with Crippen molar-refractivity contribution in [2.75, 3.05) is 13.7 Å². The third kappa shape index (κ3) is 4.53. The van der Waals surface area contributed by atoms with E-state index >= 15 is 0 Å². The van der Waals surface area contributed by atoms with Crippen molar-refractivity contribution in [1.29, 1.82) is 0 Å². The van der Waals surface area contributed by atoms with E-state index in [1.807, 2.05) is 6.92 Å². The molecule has 0 heterocycles. The number of carbonyl (C=O) groups is 1. The van der Waals surface area contributed by atoms with Gasteiger partial charge in [0.05, 0.1) is 12.0 Å². The van der Waals surface area contributed by atoms with Crippen LogP contribution in [0.5, 0.6) is 0 Å². The molecule has 100 valence electrons. The molecule has 1 aliphatic carbocycles. The number of rotatable bonds is 3. The van der Waals surface area contributed by atoms with Crippen molar-refractivity contribution < 1.29 is 27.4 Å². The number of halogens is 3. The number of hydrogen-bond acceptors (Lipinski definition) is 3. The van der Waals surface area contributed by atoms with Gasteiger partial charge in [0, 0.05) is 7.11 Å². The van der Waals surface area contributed by atoms with Crippen LogP contribution in [0.25, 0.3) is 0 Å². The largest absolute Gasteiger partial charge is 0.456 e. The average Bonchev–Trinajstić information content (AvgIpc) is 2.25. The van der Waals surface area contributed by atoms with Crippen LogP contribution in [-0.2, 0) is 14.3 Å². The molecule has 1 fully saturated rings. The molecule has 3 atom stereocenters. The average molecular weight is 254 g/mol. The van der Waals surface area contributed by atoms with E-state index in [1.165, 1.54) is 0 Å². The van der Waals surface area contributed by atoms with Gasteiger partial charge < -0.3 is 9.47 Å². The topological polar surface area (TPSA) is 35.5 Å². The lowest BCUT2D eigenvalue weighted by Crippen LogP contribution is -2.35. The van der Waals surface area contributed by atoms with Gasteiger partial charge in [-0.05, 0) is 25.2 Å². The van der Waals surface area contributed by atoms with Gasteiger partial charge >= 0.3 is 12.1 Å². The van der Waals surface area contributed by atoms with E-state index in [0.29, 0.717) is 6.42 Å². The smallest absolute Gasteiger partial charge is 0.422 e. The minimum Gasteiger partial charge on any atom is -0.456 e. The van der Waals surface area contributed by atoms with Gasteiger partial charge in [0.25, 0.3) is 0 Å². The Kier molecular flexibility index (Phi) is 4.80.